The van der Waals surface area contributed by atoms with Gasteiger partial charge in [-0.2, -0.15) is 0 Å². The van der Waals surface area contributed by atoms with Gasteiger partial charge in [0, 0.05) is 12.6 Å². The monoisotopic (exact) mass is 287 g/mol. The van der Waals surface area contributed by atoms with Crippen LogP contribution in [0, 0.1) is 0 Å². The second-order valence-corrected chi connectivity index (χ2v) is 5.86. The summed E-state index contributed by atoms with van der Waals surface area (Å²) in [6.07, 6.45) is 8.01. The molecule has 2 heterocycles. The highest BCUT2D eigenvalue weighted by Crippen LogP contribution is 2.28. The summed E-state index contributed by atoms with van der Waals surface area (Å²) in [4.78, 5) is 22.9. The van der Waals surface area contributed by atoms with Crippen LogP contribution in [0.4, 0.5) is 0 Å². The Hall–Kier alpha value is -2.17. The highest BCUT2D eigenvalue weighted by molar-refractivity contribution is 5.89. The molecule has 21 heavy (non-hydrogen) atoms. The Bertz CT molecular complexity index is 666. The number of hydrogen-bond acceptors (Lipinski definition) is 4. The first kappa shape index (κ1) is 15.2. The molecule has 0 saturated carbocycles. The van der Waals surface area contributed by atoms with Crippen molar-refractivity contribution >= 4 is 16.8 Å². The number of ether oxygens (including phenoxy) is 1. The molecular weight excluding hydrogens is 266 g/mol. The number of carbonyl (C=O) groups is 1. The van der Waals surface area contributed by atoms with Crippen molar-refractivity contribution in [3.8, 4) is 5.88 Å². The van der Waals surface area contributed by atoms with E-state index in [9.17, 15) is 4.79 Å². The van der Waals surface area contributed by atoms with Crippen molar-refractivity contribution in [2.75, 3.05) is 0 Å². The van der Waals surface area contributed by atoms with E-state index < -0.39 is 0 Å². The Kier molecular flexibility index (Phi) is 4.40. The van der Waals surface area contributed by atoms with Crippen molar-refractivity contribution < 1.29 is 9.53 Å². The van der Waals surface area contributed by atoms with Gasteiger partial charge >= 0.3 is 0 Å². The van der Waals surface area contributed by atoms with Crippen molar-refractivity contribution in [2.24, 2.45) is 0 Å². The summed E-state index contributed by atoms with van der Waals surface area (Å²) >= 11 is 0. The molecule has 0 aliphatic heterocycles. The van der Waals surface area contributed by atoms with Crippen LogP contribution in [-0.2, 0) is 11.2 Å². The van der Waals surface area contributed by atoms with Crippen LogP contribution in [-0.4, -0.2) is 26.3 Å². The predicted molar refractivity (Wildman–Crippen MR) is 82.4 cm³/mol. The summed E-state index contributed by atoms with van der Waals surface area (Å²) in [6, 6.07) is 0. The Labute approximate surface area is 124 Å². The molecule has 0 aliphatic rings. The molecule has 0 unspecified atom stereocenters. The maximum atomic E-state index is 11.3. The molecule has 1 N–H and O–H groups in total. The van der Waals surface area contributed by atoms with Gasteiger partial charge in [-0.25, -0.2) is 9.97 Å². The number of aromatic amines is 1. The Morgan fingerprint density at radius 1 is 1.38 bits per heavy atom. The number of nitrogens with zero attached hydrogens (tertiary/aromatic N) is 2. The molecule has 0 aromatic carbocycles. The molecule has 0 spiro atoms. The minimum absolute atomic E-state index is 0.122. The van der Waals surface area contributed by atoms with Crippen molar-refractivity contribution in [1.29, 1.82) is 0 Å². The summed E-state index contributed by atoms with van der Waals surface area (Å²) in [5.41, 5.74) is 1.43. The van der Waals surface area contributed by atoms with Crippen LogP contribution < -0.4 is 4.74 Å². The van der Waals surface area contributed by atoms with Gasteiger partial charge in [0.05, 0.1) is 5.39 Å². The number of nitrogens with one attached hydrogen (secondary N) is 1. The second-order valence-electron chi connectivity index (χ2n) is 5.86. The van der Waals surface area contributed by atoms with Gasteiger partial charge in [0.1, 0.15) is 17.6 Å². The van der Waals surface area contributed by atoms with Crippen LogP contribution in [0.1, 0.15) is 39.7 Å². The zero-order valence-electron chi connectivity index (χ0n) is 12.9. The number of fused-ring (bicyclic) bond motifs is 1. The number of ketones is 1. The van der Waals surface area contributed by atoms with Crippen LogP contribution in [0.25, 0.3) is 11.0 Å². The molecule has 112 valence electrons. The van der Waals surface area contributed by atoms with Gasteiger partial charge in [0.15, 0.2) is 5.78 Å². The van der Waals surface area contributed by atoms with Gasteiger partial charge < -0.3 is 9.72 Å². The SMILES string of the molecule is CCC(=O)C=CCc1c[nH]c2ncnc(OC(C)(C)C)c12. The minimum Gasteiger partial charge on any atom is -0.471 e. The third-order valence-electron chi connectivity index (χ3n) is 2.91. The van der Waals surface area contributed by atoms with Crippen molar-refractivity contribution in [2.45, 2.75) is 46.1 Å². The maximum Gasteiger partial charge on any atom is 0.226 e. The standard InChI is InChI=1S/C16H21N3O2/c1-5-12(20)8-6-7-11-9-17-14-13(11)15(19-10-18-14)21-16(2,3)4/h6,8-10H,5,7H2,1-4H3,(H,17,18,19). The van der Waals surface area contributed by atoms with E-state index >= 15 is 0 Å². The Morgan fingerprint density at radius 3 is 2.81 bits per heavy atom. The van der Waals surface area contributed by atoms with Crippen LogP contribution in [0.5, 0.6) is 5.88 Å². The number of carbonyl (C=O) groups excluding carboxylic acids is 1. The van der Waals surface area contributed by atoms with Crippen molar-refractivity contribution in [1.82, 2.24) is 15.0 Å². The van der Waals surface area contributed by atoms with Crippen LogP contribution in [0.15, 0.2) is 24.7 Å². The van der Waals surface area contributed by atoms with E-state index in [0.29, 0.717) is 18.7 Å². The Balaban J connectivity index is 2.32. The first-order valence-corrected chi connectivity index (χ1v) is 7.10. The number of H-pyrrole nitrogens is 1. The first-order valence-electron chi connectivity index (χ1n) is 7.10. The summed E-state index contributed by atoms with van der Waals surface area (Å²) < 4.78 is 5.90. The molecule has 0 saturated heterocycles. The lowest BCUT2D eigenvalue weighted by Crippen LogP contribution is -2.23. The molecule has 0 amide bonds. The molecule has 2 aromatic heterocycles. The fourth-order valence-corrected chi connectivity index (χ4v) is 1.96. The second kappa shape index (κ2) is 6.08. The number of rotatable bonds is 5. The zero-order valence-corrected chi connectivity index (χ0v) is 12.9. The average Bonchev–Trinajstić information content (AvgIpc) is 2.81. The lowest BCUT2D eigenvalue weighted by molar-refractivity contribution is -0.114. The van der Waals surface area contributed by atoms with Gasteiger partial charge in [0.25, 0.3) is 0 Å². The third-order valence-corrected chi connectivity index (χ3v) is 2.91. The van der Waals surface area contributed by atoms with E-state index in [0.717, 1.165) is 16.6 Å². The molecule has 0 fully saturated rings. The molecule has 2 aromatic rings. The van der Waals surface area contributed by atoms with E-state index in [1.165, 1.54) is 6.33 Å². The van der Waals surface area contributed by atoms with Gasteiger partial charge in [-0.1, -0.05) is 13.0 Å². The normalized spacial score (nSPS) is 12.2. The predicted octanol–water partition coefficient (Wildman–Crippen LogP) is 3.21. The van der Waals surface area contributed by atoms with Gasteiger partial charge in [0.2, 0.25) is 5.88 Å². The molecule has 5 nitrogen and oxygen atoms in total. The molecule has 0 bridgehead atoms. The van der Waals surface area contributed by atoms with Gasteiger partial charge in [-0.05, 0) is 38.8 Å². The van der Waals surface area contributed by atoms with Gasteiger partial charge in [-0.15, -0.1) is 0 Å². The highest BCUT2D eigenvalue weighted by atomic mass is 16.5. The van der Waals surface area contributed by atoms with E-state index in [-0.39, 0.29) is 11.4 Å². The molecule has 5 heteroatoms. The number of hydrogen-bond donors (Lipinski definition) is 1. The van der Waals surface area contributed by atoms with E-state index in [4.69, 9.17) is 4.74 Å². The Morgan fingerprint density at radius 2 is 2.14 bits per heavy atom. The van der Waals surface area contributed by atoms with Crippen molar-refractivity contribution in [3.05, 3.63) is 30.2 Å². The summed E-state index contributed by atoms with van der Waals surface area (Å²) in [6.45, 7) is 7.79. The third kappa shape index (κ3) is 3.90. The summed E-state index contributed by atoms with van der Waals surface area (Å²) in [5, 5.41) is 0.876. The maximum absolute atomic E-state index is 11.3. The molecular formula is C16H21N3O2. The van der Waals surface area contributed by atoms with Crippen molar-refractivity contribution in [3.63, 3.8) is 0 Å². The fraction of sp³-hybridized carbons (Fsp3) is 0.438. The number of aromatic nitrogens is 3. The summed E-state index contributed by atoms with van der Waals surface area (Å²) in [5.74, 6) is 0.691. The summed E-state index contributed by atoms with van der Waals surface area (Å²) in [7, 11) is 0. The van der Waals surface area contributed by atoms with Gasteiger partial charge in [-0.3, -0.25) is 4.79 Å². The smallest absolute Gasteiger partial charge is 0.226 e. The minimum atomic E-state index is -0.330. The molecule has 0 radical (unpaired) electrons. The molecule has 0 aliphatic carbocycles. The highest BCUT2D eigenvalue weighted by Gasteiger charge is 2.18. The number of allylic oxidation sites excluding steroid dienone is 2. The molecule has 0 atom stereocenters. The lowest BCUT2D eigenvalue weighted by Gasteiger charge is -2.20. The fourth-order valence-electron chi connectivity index (χ4n) is 1.96. The van der Waals surface area contributed by atoms with E-state index in [2.05, 4.69) is 15.0 Å². The first-order chi connectivity index (χ1) is 9.90. The molecule has 2 rings (SSSR count). The van der Waals surface area contributed by atoms with Crippen LogP contribution in [0.3, 0.4) is 0 Å². The van der Waals surface area contributed by atoms with E-state index in [1.807, 2.05) is 40.0 Å². The topological polar surface area (TPSA) is 67.9 Å². The van der Waals surface area contributed by atoms with Crippen LogP contribution in [0.2, 0.25) is 0 Å². The van der Waals surface area contributed by atoms with Crippen LogP contribution >= 0.6 is 0 Å². The largest absolute Gasteiger partial charge is 0.471 e. The lowest BCUT2D eigenvalue weighted by atomic mass is 10.1. The zero-order chi connectivity index (χ0) is 15.5. The quantitative estimate of drug-likeness (QED) is 0.857. The average molecular weight is 287 g/mol. The van der Waals surface area contributed by atoms with E-state index in [1.54, 1.807) is 6.08 Å².